The molecule has 0 unspecified atom stereocenters. The molecular formula is C18H19N5O. The second-order valence-electron chi connectivity index (χ2n) is 5.55. The van der Waals surface area contributed by atoms with E-state index in [4.69, 9.17) is 0 Å². The van der Waals surface area contributed by atoms with Gasteiger partial charge in [0.15, 0.2) is 5.82 Å². The minimum atomic E-state index is -0.217. The highest BCUT2D eigenvalue weighted by atomic mass is 16.2. The molecule has 3 N–H and O–H groups in total. The lowest BCUT2D eigenvalue weighted by molar-refractivity contribution is -0.119. The molecule has 122 valence electrons. The third kappa shape index (κ3) is 3.78. The minimum absolute atomic E-state index is 0.153. The number of benzene rings is 2. The number of H-pyrrole nitrogens is 1. The van der Waals surface area contributed by atoms with E-state index in [1.54, 1.807) is 6.92 Å². The van der Waals surface area contributed by atoms with Crippen LogP contribution in [0.25, 0.3) is 11.0 Å². The third-order valence-electron chi connectivity index (χ3n) is 3.59. The highest BCUT2D eigenvalue weighted by molar-refractivity contribution is 5.98. The molecule has 0 aliphatic heterocycles. The van der Waals surface area contributed by atoms with Gasteiger partial charge in [0.05, 0.1) is 17.6 Å². The molecular weight excluding hydrogens is 302 g/mol. The molecule has 6 nitrogen and oxygen atoms in total. The van der Waals surface area contributed by atoms with Gasteiger partial charge in [-0.05, 0) is 38.1 Å². The molecule has 6 heteroatoms. The van der Waals surface area contributed by atoms with Crippen molar-refractivity contribution in [2.24, 2.45) is 5.10 Å². The first kappa shape index (κ1) is 15.7. The van der Waals surface area contributed by atoms with E-state index in [2.05, 4.69) is 25.8 Å². The van der Waals surface area contributed by atoms with Crippen LogP contribution in [0, 0.1) is 6.92 Å². The molecule has 0 aliphatic rings. The monoisotopic (exact) mass is 321 g/mol. The Bertz CT molecular complexity index is 847. The van der Waals surface area contributed by atoms with Crippen molar-refractivity contribution in [2.45, 2.75) is 13.8 Å². The number of fused-ring (bicyclic) bond motifs is 1. The lowest BCUT2D eigenvalue weighted by Gasteiger charge is -2.05. The Labute approximate surface area is 140 Å². The van der Waals surface area contributed by atoms with E-state index in [-0.39, 0.29) is 12.5 Å². The Morgan fingerprint density at radius 2 is 1.92 bits per heavy atom. The molecule has 0 spiro atoms. The largest absolute Gasteiger partial charge is 0.376 e. The van der Waals surface area contributed by atoms with Crippen molar-refractivity contribution >= 4 is 28.3 Å². The first-order chi connectivity index (χ1) is 11.6. The number of rotatable bonds is 5. The molecule has 0 saturated heterocycles. The smallest absolute Gasteiger partial charge is 0.259 e. The summed E-state index contributed by atoms with van der Waals surface area (Å²) in [4.78, 5) is 19.5. The first-order valence-electron chi connectivity index (χ1n) is 7.70. The second kappa shape index (κ2) is 6.95. The zero-order valence-electron chi connectivity index (χ0n) is 13.6. The van der Waals surface area contributed by atoms with Gasteiger partial charge in [0.2, 0.25) is 0 Å². The Hall–Kier alpha value is -3.15. The average molecular weight is 321 g/mol. The van der Waals surface area contributed by atoms with Gasteiger partial charge >= 0.3 is 0 Å². The van der Waals surface area contributed by atoms with Crippen LogP contribution in [0.15, 0.2) is 53.6 Å². The van der Waals surface area contributed by atoms with Crippen molar-refractivity contribution in [3.8, 4) is 0 Å². The number of aromatic amines is 1. The van der Waals surface area contributed by atoms with Crippen LogP contribution in [0.4, 0.5) is 5.69 Å². The molecule has 0 radical (unpaired) electrons. The van der Waals surface area contributed by atoms with Crippen molar-refractivity contribution in [1.29, 1.82) is 0 Å². The Kier molecular flexibility index (Phi) is 4.56. The summed E-state index contributed by atoms with van der Waals surface area (Å²) in [6.45, 7) is 3.97. The average Bonchev–Trinajstić information content (AvgIpc) is 3.03. The predicted octanol–water partition coefficient (Wildman–Crippen LogP) is 2.82. The van der Waals surface area contributed by atoms with Gasteiger partial charge in [-0.15, -0.1) is 0 Å². The van der Waals surface area contributed by atoms with E-state index in [1.807, 2.05) is 55.5 Å². The van der Waals surface area contributed by atoms with Crippen LogP contribution in [0.2, 0.25) is 0 Å². The number of amides is 1. The Morgan fingerprint density at radius 1 is 1.17 bits per heavy atom. The first-order valence-corrected chi connectivity index (χ1v) is 7.70. The molecule has 0 aliphatic carbocycles. The van der Waals surface area contributed by atoms with Gasteiger partial charge in [-0.3, -0.25) is 4.79 Å². The standard InChI is InChI=1S/C18H19N5O/c1-12-7-9-14(10-8-12)19-11-17(24)23-22-13(2)18-20-15-5-3-4-6-16(15)21-18/h3-10,19H,11H2,1-2H3,(H,20,21)(H,23,24)/b22-13+. The summed E-state index contributed by atoms with van der Waals surface area (Å²) >= 11 is 0. The highest BCUT2D eigenvalue weighted by Gasteiger charge is 2.06. The second-order valence-corrected chi connectivity index (χ2v) is 5.55. The number of aromatic nitrogens is 2. The van der Waals surface area contributed by atoms with Gasteiger partial charge in [-0.1, -0.05) is 29.8 Å². The van der Waals surface area contributed by atoms with Crippen LogP contribution < -0.4 is 10.7 Å². The summed E-state index contributed by atoms with van der Waals surface area (Å²) in [7, 11) is 0. The molecule has 1 aromatic heterocycles. The van der Waals surface area contributed by atoms with Crippen LogP contribution >= 0.6 is 0 Å². The molecule has 0 atom stereocenters. The number of imidazole rings is 1. The molecule has 1 amide bonds. The van der Waals surface area contributed by atoms with Crippen LogP contribution in [-0.4, -0.2) is 28.1 Å². The zero-order chi connectivity index (χ0) is 16.9. The van der Waals surface area contributed by atoms with Gasteiger partial charge in [-0.2, -0.15) is 5.10 Å². The summed E-state index contributed by atoms with van der Waals surface area (Å²) < 4.78 is 0. The number of carbonyl (C=O) groups is 1. The molecule has 3 aromatic rings. The maximum Gasteiger partial charge on any atom is 0.259 e. The lowest BCUT2D eigenvalue weighted by Crippen LogP contribution is -2.26. The van der Waals surface area contributed by atoms with Crippen LogP contribution in [-0.2, 0) is 4.79 Å². The summed E-state index contributed by atoms with van der Waals surface area (Å²) in [5.41, 5.74) is 7.04. The van der Waals surface area contributed by atoms with E-state index in [9.17, 15) is 4.79 Å². The number of hydrogen-bond donors (Lipinski definition) is 3. The van der Waals surface area contributed by atoms with E-state index >= 15 is 0 Å². The summed E-state index contributed by atoms with van der Waals surface area (Å²) in [6, 6.07) is 15.6. The Balaban J connectivity index is 1.57. The van der Waals surface area contributed by atoms with Crippen molar-refractivity contribution in [3.05, 3.63) is 59.9 Å². The van der Waals surface area contributed by atoms with Crippen molar-refractivity contribution in [1.82, 2.24) is 15.4 Å². The number of hydrazone groups is 1. The van der Waals surface area contributed by atoms with Crippen molar-refractivity contribution < 1.29 is 4.79 Å². The highest BCUT2D eigenvalue weighted by Crippen LogP contribution is 2.10. The number of anilines is 1. The Morgan fingerprint density at radius 3 is 2.67 bits per heavy atom. The number of carbonyl (C=O) groups excluding carboxylic acids is 1. The summed E-state index contributed by atoms with van der Waals surface area (Å²) in [5.74, 6) is 0.425. The maximum absolute atomic E-state index is 11.9. The number of nitrogens with one attached hydrogen (secondary N) is 3. The van der Waals surface area contributed by atoms with Crippen LogP contribution in [0.1, 0.15) is 18.3 Å². The molecule has 0 saturated carbocycles. The fourth-order valence-corrected chi connectivity index (χ4v) is 2.22. The quantitative estimate of drug-likeness (QED) is 0.499. The molecule has 0 fully saturated rings. The summed E-state index contributed by atoms with van der Waals surface area (Å²) in [6.07, 6.45) is 0. The minimum Gasteiger partial charge on any atom is -0.376 e. The normalized spacial score (nSPS) is 11.5. The third-order valence-corrected chi connectivity index (χ3v) is 3.59. The SMILES string of the molecule is C/C(=N\NC(=O)CNc1ccc(C)cc1)c1nc2ccccc2[nH]1. The van der Waals surface area contributed by atoms with Crippen LogP contribution in [0.5, 0.6) is 0 Å². The van der Waals surface area contributed by atoms with E-state index in [1.165, 1.54) is 5.56 Å². The van der Waals surface area contributed by atoms with Gasteiger partial charge in [-0.25, -0.2) is 10.4 Å². The molecule has 24 heavy (non-hydrogen) atoms. The predicted molar refractivity (Wildman–Crippen MR) is 96.1 cm³/mol. The van der Waals surface area contributed by atoms with E-state index in [0.717, 1.165) is 16.7 Å². The fraction of sp³-hybridized carbons (Fsp3) is 0.167. The van der Waals surface area contributed by atoms with E-state index < -0.39 is 0 Å². The summed E-state index contributed by atoms with van der Waals surface area (Å²) in [5, 5.41) is 7.15. The zero-order valence-corrected chi connectivity index (χ0v) is 13.6. The van der Waals surface area contributed by atoms with Gasteiger partial charge in [0.1, 0.15) is 5.71 Å². The lowest BCUT2D eigenvalue weighted by atomic mass is 10.2. The molecule has 0 bridgehead atoms. The maximum atomic E-state index is 11.9. The van der Waals surface area contributed by atoms with Crippen molar-refractivity contribution in [3.63, 3.8) is 0 Å². The molecule has 3 rings (SSSR count). The molecule has 1 heterocycles. The molecule has 2 aromatic carbocycles. The fourth-order valence-electron chi connectivity index (χ4n) is 2.22. The van der Waals surface area contributed by atoms with Crippen molar-refractivity contribution in [2.75, 3.05) is 11.9 Å². The van der Waals surface area contributed by atoms with Crippen LogP contribution in [0.3, 0.4) is 0 Å². The number of nitrogens with zero attached hydrogens (tertiary/aromatic N) is 2. The number of hydrogen-bond acceptors (Lipinski definition) is 4. The van der Waals surface area contributed by atoms with Gasteiger partial charge < -0.3 is 10.3 Å². The van der Waals surface area contributed by atoms with E-state index in [0.29, 0.717) is 11.5 Å². The number of aryl methyl sites for hydroxylation is 1. The topological polar surface area (TPSA) is 82.2 Å². The number of para-hydroxylation sites is 2. The van der Waals surface area contributed by atoms with Gasteiger partial charge in [0.25, 0.3) is 5.91 Å². The van der Waals surface area contributed by atoms with Gasteiger partial charge in [0, 0.05) is 5.69 Å².